The molecule has 4 rings (SSSR count). The summed E-state index contributed by atoms with van der Waals surface area (Å²) in [5.41, 5.74) is 1.28. The van der Waals surface area contributed by atoms with Crippen molar-refractivity contribution >= 4 is 11.7 Å². The summed E-state index contributed by atoms with van der Waals surface area (Å²) < 4.78 is 10.8. The van der Waals surface area contributed by atoms with Gasteiger partial charge in [0.1, 0.15) is 11.5 Å². The number of hydrogen-bond acceptors (Lipinski definition) is 5. The first-order valence-corrected chi connectivity index (χ1v) is 9.34. The van der Waals surface area contributed by atoms with Crippen LogP contribution >= 0.6 is 0 Å². The number of fused-ring (bicyclic) bond motifs is 2. The highest BCUT2D eigenvalue weighted by atomic mass is 16.5. The summed E-state index contributed by atoms with van der Waals surface area (Å²) in [4.78, 5) is 28.2. The molecule has 146 valence electrons. The lowest BCUT2D eigenvalue weighted by molar-refractivity contribution is 0.0789. The highest BCUT2D eigenvalue weighted by molar-refractivity contribution is 6.12. The van der Waals surface area contributed by atoms with E-state index in [0.29, 0.717) is 30.8 Å². The van der Waals surface area contributed by atoms with Gasteiger partial charge in [-0.15, -0.1) is 0 Å². The van der Waals surface area contributed by atoms with E-state index in [0.717, 1.165) is 17.1 Å². The number of Topliss-reactive ketones (excluding diaryl/α,β-unsaturated/α-hetero) is 1. The molecule has 0 aromatic heterocycles. The number of hydrogen-bond donors (Lipinski definition) is 1. The van der Waals surface area contributed by atoms with Gasteiger partial charge in [-0.1, -0.05) is 18.2 Å². The van der Waals surface area contributed by atoms with Gasteiger partial charge < -0.3 is 14.8 Å². The Morgan fingerprint density at radius 1 is 1.11 bits per heavy atom. The molecule has 2 aromatic carbocycles. The molecule has 2 atom stereocenters. The predicted octanol–water partition coefficient (Wildman–Crippen LogP) is 2.52. The summed E-state index contributed by atoms with van der Waals surface area (Å²) in [6.45, 7) is 3.72. The molecule has 0 bridgehead atoms. The molecule has 2 aliphatic rings. The van der Waals surface area contributed by atoms with Crippen LogP contribution in [0.5, 0.6) is 11.5 Å². The number of likely N-dealkylation sites (tertiary alicyclic amines) is 1. The molecule has 1 N–H and O–H groups in total. The fraction of sp³-hybridized carbons (Fsp3) is 0.364. The number of ether oxygens (including phenoxy) is 2. The van der Waals surface area contributed by atoms with Crippen LogP contribution in [-0.2, 0) is 6.54 Å². The van der Waals surface area contributed by atoms with Crippen LogP contribution in [0, 0.1) is 5.41 Å². The molecular formula is C22H24N2O4. The van der Waals surface area contributed by atoms with Gasteiger partial charge in [0.05, 0.1) is 31.2 Å². The third-order valence-corrected chi connectivity index (χ3v) is 5.88. The van der Waals surface area contributed by atoms with E-state index in [4.69, 9.17) is 9.47 Å². The topological polar surface area (TPSA) is 67.9 Å². The van der Waals surface area contributed by atoms with Crippen molar-refractivity contribution in [3.8, 4) is 11.5 Å². The summed E-state index contributed by atoms with van der Waals surface area (Å²) in [6.07, 6.45) is 0. The maximum Gasteiger partial charge on any atom is 0.252 e. The van der Waals surface area contributed by atoms with Crippen LogP contribution in [0.1, 0.15) is 33.2 Å². The molecule has 6 heteroatoms. The second-order valence-corrected chi connectivity index (χ2v) is 7.67. The number of nitrogens with one attached hydrogen (secondary N) is 1. The third kappa shape index (κ3) is 2.94. The molecular weight excluding hydrogens is 356 g/mol. The standard InChI is InChI=1S/C22H24N2O4/c1-22-13-24(11-14-10-15(27-2)8-9-18(14)28-3)12-19(22)23-21(26)17-7-5-4-6-16(17)20(22)25/h4-10,19H,11-13H2,1-3H3,(H,23,26)/t19-,22+/m1/s1. The molecule has 2 heterocycles. The second kappa shape index (κ2) is 6.95. The van der Waals surface area contributed by atoms with Crippen LogP contribution in [0.25, 0.3) is 0 Å². The Morgan fingerprint density at radius 2 is 1.86 bits per heavy atom. The van der Waals surface area contributed by atoms with Gasteiger partial charge in [0.15, 0.2) is 5.78 Å². The van der Waals surface area contributed by atoms with Crippen LogP contribution in [0.3, 0.4) is 0 Å². The molecule has 28 heavy (non-hydrogen) atoms. The minimum Gasteiger partial charge on any atom is -0.497 e. The van der Waals surface area contributed by atoms with Crippen LogP contribution in [0.4, 0.5) is 0 Å². The average molecular weight is 380 g/mol. The quantitative estimate of drug-likeness (QED) is 0.883. The lowest BCUT2D eigenvalue weighted by atomic mass is 9.78. The van der Waals surface area contributed by atoms with Gasteiger partial charge in [0.2, 0.25) is 0 Å². The Balaban J connectivity index is 1.63. The number of carbonyl (C=O) groups is 2. The third-order valence-electron chi connectivity index (χ3n) is 5.88. The SMILES string of the molecule is COc1ccc(OC)c(CN2C[C@H]3NC(=O)c4ccccc4C(=O)[C@@]3(C)C2)c1. The summed E-state index contributed by atoms with van der Waals surface area (Å²) >= 11 is 0. The average Bonchev–Trinajstić information content (AvgIpc) is 2.99. The molecule has 0 saturated carbocycles. The van der Waals surface area contributed by atoms with E-state index in [9.17, 15) is 9.59 Å². The minimum absolute atomic E-state index is 0.0200. The molecule has 2 aliphatic heterocycles. The molecule has 1 amide bonds. The number of benzene rings is 2. The Morgan fingerprint density at radius 3 is 2.57 bits per heavy atom. The van der Waals surface area contributed by atoms with Crippen LogP contribution in [-0.4, -0.2) is 49.9 Å². The van der Waals surface area contributed by atoms with E-state index in [1.165, 1.54) is 0 Å². The van der Waals surface area contributed by atoms with Crippen molar-refractivity contribution in [1.29, 1.82) is 0 Å². The molecule has 0 spiro atoms. The van der Waals surface area contributed by atoms with Crippen molar-refractivity contribution in [2.45, 2.75) is 19.5 Å². The fourth-order valence-electron chi connectivity index (χ4n) is 4.32. The predicted molar refractivity (Wildman–Crippen MR) is 105 cm³/mol. The number of amides is 1. The zero-order valence-corrected chi connectivity index (χ0v) is 16.3. The lowest BCUT2D eigenvalue weighted by Crippen LogP contribution is -2.47. The van der Waals surface area contributed by atoms with Gasteiger partial charge in [0.25, 0.3) is 5.91 Å². The zero-order chi connectivity index (χ0) is 19.9. The zero-order valence-electron chi connectivity index (χ0n) is 16.3. The number of nitrogens with zero attached hydrogens (tertiary/aromatic N) is 1. The first-order valence-electron chi connectivity index (χ1n) is 9.34. The van der Waals surface area contributed by atoms with E-state index < -0.39 is 5.41 Å². The van der Waals surface area contributed by atoms with Gasteiger partial charge in [-0.2, -0.15) is 0 Å². The summed E-state index contributed by atoms with van der Waals surface area (Å²) in [5.74, 6) is 1.37. The Bertz CT molecular complexity index is 942. The summed E-state index contributed by atoms with van der Waals surface area (Å²) in [5, 5.41) is 3.08. The van der Waals surface area contributed by atoms with Crippen molar-refractivity contribution in [2.24, 2.45) is 5.41 Å². The lowest BCUT2D eigenvalue weighted by Gasteiger charge is -2.27. The van der Waals surface area contributed by atoms with Gasteiger partial charge in [-0.3, -0.25) is 14.5 Å². The Labute approximate surface area is 164 Å². The number of methoxy groups -OCH3 is 2. The minimum atomic E-state index is -0.672. The van der Waals surface area contributed by atoms with Crippen molar-refractivity contribution in [3.63, 3.8) is 0 Å². The second-order valence-electron chi connectivity index (χ2n) is 7.67. The Hall–Kier alpha value is -2.86. The van der Waals surface area contributed by atoms with E-state index in [1.807, 2.05) is 31.2 Å². The monoisotopic (exact) mass is 380 g/mol. The van der Waals surface area contributed by atoms with Crippen molar-refractivity contribution in [2.75, 3.05) is 27.3 Å². The number of carbonyl (C=O) groups excluding carboxylic acids is 2. The summed E-state index contributed by atoms with van der Waals surface area (Å²) in [7, 11) is 3.27. The molecule has 2 aromatic rings. The molecule has 0 aliphatic carbocycles. The van der Waals surface area contributed by atoms with Gasteiger partial charge >= 0.3 is 0 Å². The first-order chi connectivity index (χ1) is 13.5. The maximum atomic E-state index is 13.3. The smallest absolute Gasteiger partial charge is 0.252 e. The van der Waals surface area contributed by atoms with E-state index >= 15 is 0 Å². The van der Waals surface area contributed by atoms with Crippen LogP contribution in [0.15, 0.2) is 42.5 Å². The molecule has 6 nitrogen and oxygen atoms in total. The van der Waals surface area contributed by atoms with Gasteiger partial charge in [0, 0.05) is 30.8 Å². The van der Waals surface area contributed by atoms with Crippen molar-refractivity contribution < 1.29 is 19.1 Å². The van der Waals surface area contributed by atoms with Crippen molar-refractivity contribution in [1.82, 2.24) is 10.2 Å². The summed E-state index contributed by atoms with van der Waals surface area (Å²) in [6, 6.07) is 12.5. The normalized spacial score (nSPS) is 24.2. The highest BCUT2D eigenvalue weighted by Crippen LogP contribution is 2.38. The number of rotatable bonds is 4. The molecule has 0 radical (unpaired) electrons. The van der Waals surface area contributed by atoms with E-state index in [1.54, 1.807) is 32.4 Å². The molecule has 0 unspecified atom stereocenters. The Kier molecular flexibility index (Phi) is 4.59. The molecule has 1 saturated heterocycles. The van der Waals surface area contributed by atoms with Crippen LogP contribution in [0.2, 0.25) is 0 Å². The van der Waals surface area contributed by atoms with E-state index in [-0.39, 0.29) is 17.7 Å². The van der Waals surface area contributed by atoms with Crippen LogP contribution < -0.4 is 14.8 Å². The fourth-order valence-corrected chi connectivity index (χ4v) is 4.32. The van der Waals surface area contributed by atoms with E-state index in [2.05, 4.69) is 10.2 Å². The number of ketones is 1. The van der Waals surface area contributed by atoms with Crippen molar-refractivity contribution in [3.05, 3.63) is 59.2 Å². The van der Waals surface area contributed by atoms with Gasteiger partial charge in [-0.25, -0.2) is 0 Å². The molecule has 1 fully saturated rings. The largest absolute Gasteiger partial charge is 0.497 e. The highest BCUT2D eigenvalue weighted by Gasteiger charge is 2.51. The first kappa shape index (κ1) is 18.5. The van der Waals surface area contributed by atoms with Gasteiger partial charge in [-0.05, 0) is 31.2 Å². The maximum absolute atomic E-state index is 13.3.